The second kappa shape index (κ2) is 7.60. The van der Waals surface area contributed by atoms with Gasteiger partial charge in [-0.25, -0.2) is 0 Å². The molecule has 2 rings (SSSR count). The predicted molar refractivity (Wildman–Crippen MR) is 82.1 cm³/mol. The number of hydrogen-bond acceptors (Lipinski definition) is 3. The number of aldehydes is 2. The molecule has 0 saturated carbocycles. The summed E-state index contributed by atoms with van der Waals surface area (Å²) in [6, 6.07) is 18.3. The van der Waals surface area contributed by atoms with Gasteiger partial charge in [0.15, 0.2) is 12.6 Å². The molecule has 0 atom stereocenters. The van der Waals surface area contributed by atoms with E-state index in [0.717, 1.165) is 11.1 Å². The first-order valence-corrected chi connectivity index (χ1v) is 6.42. The largest absolute Gasteiger partial charge is 0.471 e. The summed E-state index contributed by atoms with van der Waals surface area (Å²) in [4.78, 5) is 22.2. The van der Waals surface area contributed by atoms with Gasteiger partial charge in [0.25, 0.3) is 0 Å². The second-order valence-electron chi connectivity index (χ2n) is 4.25. The van der Waals surface area contributed by atoms with Gasteiger partial charge in [-0.1, -0.05) is 60.7 Å². The lowest BCUT2D eigenvalue weighted by molar-refractivity contribution is -0.104. The SMILES string of the molecule is O=CC(=COC=C(C=O)c1ccccc1)c1ccccc1. The third kappa shape index (κ3) is 4.01. The fourth-order valence-corrected chi connectivity index (χ4v) is 1.77. The van der Waals surface area contributed by atoms with Crippen LogP contribution in [-0.4, -0.2) is 12.6 Å². The molecule has 0 radical (unpaired) electrons. The maximum absolute atomic E-state index is 11.1. The van der Waals surface area contributed by atoms with Crippen LogP contribution < -0.4 is 0 Å². The van der Waals surface area contributed by atoms with Crippen molar-refractivity contribution in [2.24, 2.45) is 0 Å². The average Bonchev–Trinajstić information content (AvgIpc) is 2.57. The highest BCUT2D eigenvalue weighted by Gasteiger charge is 2.01. The second-order valence-corrected chi connectivity index (χ2v) is 4.25. The van der Waals surface area contributed by atoms with Crippen molar-refractivity contribution in [3.63, 3.8) is 0 Å². The molecule has 21 heavy (non-hydrogen) atoms. The van der Waals surface area contributed by atoms with Gasteiger partial charge in [-0.2, -0.15) is 0 Å². The molecule has 0 unspecified atom stereocenters. The summed E-state index contributed by atoms with van der Waals surface area (Å²) < 4.78 is 5.26. The van der Waals surface area contributed by atoms with Crippen LogP contribution in [0.3, 0.4) is 0 Å². The number of rotatable bonds is 6. The fourth-order valence-electron chi connectivity index (χ4n) is 1.77. The maximum atomic E-state index is 11.1. The van der Waals surface area contributed by atoms with E-state index in [1.807, 2.05) is 60.7 Å². The van der Waals surface area contributed by atoms with Crippen molar-refractivity contribution in [1.29, 1.82) is 0 Å². The van der Waals surface area contributed by atoms with Gasteiger partial charge in [0.05, 0.1) is 11.1 Å². The van der Waals surface area contributed by atoms with Crippen LogP contribution in [0.15, 0.2) is 73.2 Å². The summed E-state index contributed by atoms with van der Waals surface area (Å²) >= 11 is 0. The summed E-state index contributed by atoms with van der Waals surface area (Å²) in [6.45, 7) is 0. The molecule has 0 aliphatic carbocycles. The van der Waals surface area contributed by atoms with Gasteiger partial charge in [0.2, 0.25) is 0 Å². The van der Waals surface area contributed by atoms with E-state index in [9.17, 15) is 9.59 Å². The van der Waals surface area contributed by atoms with Crippen molar-refractivity contribution in [3.05, 3.63) is 84.3 Å². The Hall–Kier alpha value is -2.94. The molecule has 3 nitrogen and oxygen atoms in total. The van der Waals surface area contributed by atoms with Crippen LogP contribution >= 0.6 is 0 Å². The minimum absolute atomic E-state index is 0.408. The highest BCUT2D eigenvalue weighted by molar-refractivity contribution is 6.07. The molecule has 0 N–H and O–H groups in total. The summed E-state index contributed by atoms with van der Waals surface area (Å²) in [5, 5.41) is 0. The highest BCUT2D eigenvalue weighted by Crippen LogP contribution is 2.14. The van der Waals surface area contributed by atoms with Crippen molar-refractivity contribution in [2.45, 2.75) is 0 Å². The third-order valence-electron chi connectivity index (χ3n) is 2.86. The Kier molecular flexibility index (Phi) is 5.24. The molecular formula is C18H14O3. The first kappa shape index (κ1) is 14.5. The van der Waals surface area contributed by atoms with Crippen LogP contribution in [0.1, 0.15) is 11.1 Å². The van der Waals surface area contributed by atoms with Gasteiger partial charge in [-0.3, -0.25) is 9.59 Å². The Balaban J connectivity index is 2.17. The Morgan fingerprint density at radius 1 is 0.667 bits per heavy atom. The number of carbonyl (C=O) groups is 2. The minimum Gasteiger partial charge on any atom is -0.471 e. The van der Waals surface area contributed by atoms with E-state index >= 15 is 0 Å². The zero-order valence-electron chi connectivity index (χ0n) is 11.3. The Morgan fingerprint density at radius 3 is 1.38 bits per heavy atom. The summed E-state index contributed by atoms with van der Waals surface area (Å²) in [7, 11) is 0. The predicted octanol–water partition coefficient (Wildman–Crippen LogP) is 3.48. The summed E-state index contributed by atoms with van der Waals surface area (Å²) in [6.07, 6.45) is 4.09. The normalized spacial score (nSPS) is 11.8. The van der Waals surface area contributed by atoms with Crippen molar-refractivity contribution >= 4 is 23.7 Å². The molecule has 0 fully saturated rings. The molecule has 3 heteroatoms. The van der Waals surface area contributed by atoms with Crippen molar-refractivity contribution in [1.82, 2.24) is 0 Å². The lowest BCUT2D eigenvalue weighted by Crippen LogP contribution is -1.88. The first-order valence-electron chi connectivity index (χ1n) is 6.42. The zero-order valence-corrected chi connectivity index (χ0v) is 11.3. The van der Waals surface area contributed by atoms with Crippen LogP contribution in [-0.2, 0) is 14.3 Å². The van der Waals surface area contributed by atoms with Crippen LogP contribution in [0, 0.1) is 0 Å². The van der Waals surface area contributed by atoms with Gasteiger partial charge in [0.1, 0.15) is 12.5 Å². The summed E-state index contributed by atoms with van der Waals surface area (Å²) in [5.41, 5.74) is 2.33. The van der Waals surface area contributed by atoms with E-state index in [-0.39, 0.29) is 0 Å². The van der Waals surface area contributed by atoms with Gasteiger partial charge in [0, 0.05) is 0 Å². The van der Waals surface area contributed by atoms with Crippen LogP contribution in [0.5, 0.6) is 0 Å². The topological polar surface area (TPSA) is 43.4 Å². The smallest absolute Gasteiger partial charge is 0.153 e. The molecule has 0 aliphatic heterocycles. The highest BCUT2D eigenvalue weighted by atomic mass is 16.5. The zero-order chi connectivity index (χ0) is 14.9. The quantitative estimate of drug-likeness (QED) is 0.461. The van der Waals surface area contributed by atoms with Crippen LogP contribution in [0.25, 0.3) is 11.1 Å². The number of benzene rings is 2. The monoisotopic (exact) mass is 278 g/mol. The van der Waals surface area contributed by atoms with Crippen LogP contribution in [0.2, 0.25) is 0 Å². The maximum Gasteiger partial charge on any atom is 0.153 e. The number of allylic oxidation sites excluding steroid dienone is 2. The molecule has 0 spiro atoms. The van der Waals surface area contributed by atoms with Crippen molar-refractivity contribution in [3.8, 4) is 0 Å². The Morgan fingerprint density at radius 2 is 1.05 bits per heavy atom. The van der Waals surface area contributed by atoms with E-state index in [4.69, 9.17) is 4.74 Å². The minimum atomic E-state index is 0.408. The Bertz CT molecular complexity index is 596. The van der Waals surface area contributed by atoms with Crippen molar-refractivity contribution in [2.75, 3.05) is 0 Å². The lowest BCUT2D eigenvalue weighted by atomic mass is 10.1. The van der Waals surface area contributed by atoms with Gasteiger partial charge in [-0.05, 0) is 11.1 Å². The van der Waals surface area contributed by atoms with E-state index < -0.39 is 0 Å². The molecule has 104 valence electrons. The van der Waals surface area contributed by atoms with Gasteiger partial charge >= 0.3 is 0 Å². The standard InChI is InChI=1S/C18H14O3/c19-11-17(15-7-3-1-4-8-15)13-21-14-18(12-20)16-9-5-2-6-10-16/h1-14H. The molecule has 0 saturated heterocycles. The third-order valence-corrected chi connectivity index (χ3v) is 2.86. The van der Waals surface area contributed by atoms with E-state index in [0.29, 0.717) is 23.7 Å². The molecule has 0 amide bonds. The molecular weight excluding hydrogens is 264 g/mol. The molecule has 0 aromatic heterocycles. The number of hydrogen-bond donors (Lipinski definition) is 0. The van der Waals surface area contributed by atoms with Crippen molar-refractivity contribution < 1.29 is 14.3 Å². The van der Waals surface area contributed by atoms with E-state index in [1.165, 1.54) is 12.5 Å². The van der Waals surface area contributed by atoms with Gasteiger partial charge < -0.3 is 4.74 Å². The fraction of sp³-hybridized carbons (Fsp3) is 0. The molecule has 2 aromatic rings. The molecule has 2 aromatic carbocycles. The molecule has 0 bridgehead atoms. The van der Waals surface area contributed by atoms with Gasteiger partial charge in [-0.15, -0.1) is 0 Å². The molecule has 0 heterocycles. The summed E-state index contributed by atoms with van der Waals surface area (Å²) in [5.74, 6) is 0. The van der Waals surface area contributed by atoms with E-state index in [1.54, 1.807) is 0 Å². The lowest BCUT2D eigenvalue weighted by Gasteiger charge is -2.01. The Labute approximate surface area is 123 Å². The average molecular weight is 278 g/mol. The number of ether oxygens (including phenoxy) is 1. The van der Waals surface area contributed by atoms with E-state index in [2.05, 4.69) is 0 Å². The van der Waals surface area contributed by atoms with Crippen LogP contribution in [0.4, 0.5) is 0 Å². The first-order chi connectivity index (χ1) is 10.3. The number of carbonyl (C=O) groups excluding carboxylic acids is 2. The molecule has 0 aliphatic rings.